The molecule has 9 nitrogen and oxygen atoms in total. The zero-order valence-electron chi connectivity index (χ0n) is 26.6. The molecule has 0 unspecified atom stereocenters. The molecule has 1 aliphatic heterocycles. The van der Waals surface area contributed by atoms with Gasteiger partial charge in [0, 0.05) is 25.6 Å². The van der Waals surface area contributed by atoms with Gasteiger partial charge in [0.25, 0.3) is 15.9 Å². The second-order valence-electron chi connectivity index (χ2n) is 11.8. The number of fused-ring (bicyclic) bond motifs is 1. The van der Waals surface area contributed by atoms with Gasteiger partial charge in [-0.25, -0.2) is 8.42 Å². The highest BCUT2D eigenvalue weighted by molar-refractivity contribution is 7.92. The molecule has 0 saturated carbocycles. The van der Waals surface area contributed by atoms with Crippen LogP contribution in [0.5, 0.6) is 11.5 Å². The average Bonchev–Trinajstić information content (AvgIpc) is 3.07. The molecule has 4 aromatic carbocycles. The number of likely N-dealkylation sites (N-methyl/N-ethyl adjacent to an activating group) is 1. The lowest BCUT2D eigenvalue weighted by Gasteiger charge is -2.38. The van der Waals surface area contributed by atoms with Crippen LogP contribution in [0.1, 0.15) is 29.8 Å². The van der Waals surface area contributed by atoms with Crippen molar-refractivity contribution >= 4 is 21.6 Å². The van der Waals surface area contributed by atoms with Gasteiger partial charge in [0.2, 0.25) is 0 Å². The molecule has 0 aromatic heterocycles. The van der Waals surface area contributed by atoms with Gasteiger partial charge in [0.05, 0.1) is 35.9 Å². The molecule has 4 aromatic rings. The topological polar surface area (TPSA) is 108 Å². The average molecular weight is 644 g/mol. The number of aliphatic hydroxyl groups excluding tert-OH is 1. The molecule has 3 atom stereocenters. The molecule has 1 heterocycles. The van der Waals surface area contributed by atoms with Crippen LogP contribution in [-0.4, -0.2) is 75.2 Å². The number of carbonyl (C=O) groups excluding carboxylic acids is 1. The molecule has 242 valence electrons. The molecular formula is C36H41N3O6S. The lowest BCUT2D eigenvalue weighted by Crippen LogP contribution is -2.49. The molecule has 0 saturated heterocycles. The van der Waals surface area contributed by atoms with E-state index in [2.05, 4.69) is 46.0 Å². The number of amides is 1. The van der Waals surface area contributed by atoms with Crippen molar-refractivity contribution in [3.8, 4) is 22.6 Å². The number of hydrogen-bond acceptors (Lipinski definition) is 7. The van der Waals surface area contributed by atoms with Crippen molar-refractivity contribution in [2.75, 3.05) is 38.6 Å². The molecule has 0 radical (unpaired) electrons. The second-order valence-corrected chi connectivity index (χ2v) is 13.5. The van der Waals surface area contributed by atoms with Gasteiger partial charge in [-0.15, -0.1) is 0 Å². The minimum atomic E-state index is -4.02. The van der Waals surface area contributed by atoms with Crippen molar-refractivity contribution in [1.29, 1.82) is 0 Å². The third-order valence-corrected chi connectivity index (χ3v) is 9.69. The summed E-state index contributed by atoms with van der Waals surface area (Å²) < 4.78 is 41.3. The van der Waals surface area contributed by atoms with Crippen molar-refractivity contribution in [1.82, 2.24) is 9.80 Å². The molecule has 0 spiro atoms. The molecule has 2 N–H and O–H groups in total. The minimum absolute atomic E-state index is 0.0431. The first kappa shape index (κ1) is 33.0. The first-order chi connectivity index (χ1) is 22.1. The van der Waals surface area contributed by atoms with Crippen molar-refractivity contribution in [3.05, 3.63) is 108 Å². The highest BCUT2D eigenvalue weighted by Gasteiger charge is 2.35. The van der Waals surface area contributed by atoms with Crippen molar-refractivity contribution < 1.29 is 27.8 Å². The van der Waals surface area contributed by atoms with Crippen LogP contribution < -0.4 is 14.2 Å². The SMILES string of the molecule is COc1ccc(S(=O)(=O)Nc2cccc3c2O[C@@H](CN(C)Cc2ccc(-c4ccccc4)cc2)[C@@H](C)CN([C@@H](C)CO)C3=O)cc1. The summed E-state index contributed by atoms with van der Waals surface area (Å²) in [4.78, 5) is 17.7. The van der Waals surface area contributed by atoms with Gasteiger partial charge in [-0.3, -0.25) is 14.4 Å². The summed E-state index contributed by atoms with van der Waals surface area (Å²) in [7, 11) is -0.503. The number of carbonyl (C=O) groups is 1. The number of para-hydroxylation sites is 1. The monoisotopic (exact) mass is 643 g/mol. The van der Waals surface area contributed by atoms with Crippen molar-refractivity contribution in [2.45, 2.75) is 37.4 Å². The van der Waals surface area contributed by atoms with Crippen LogP contribution in [0, 0.1) is 5.92 Å². The summed E-state index contributed by atoms with van der Waals surface area (Å²) >= 11 is 0. The van der Waals surface area contributed by atoms with Crippen LogP contribution in [0.25, 0.3) is 11.1 Å². The van der Waals surface area contributed by atoms with E-state index in [-0.39, 0.29) is 40.3 Å². The van der Waals surface area contributed by atoms with E-state index in [1.807, 2.05) is 32.2 Å². The van der Waals surface area contributed by atoms with E-state index in [0.29, 0.717) is 25.4 Å². The Morgan fingerprint density at radius 3 is 2.30 bits per heavy atom. The third-order valence-electron chi connectivity index (χ3n) is 8.31. The van der Waals surface area contributed by atoms with Gasteiger partial charge in [-0.05, 0) is 67.1 Å². The first-order valence-corrected chi connectivity index (χ1v) is 16.8. The summed E-state index contributed by atoms with van der Waals surface area (Å²) in [5, 5.41) is 10.0. The summed E-state index contributed by atoms with van der Waals surface area (Å²) in [6, 6.07) is 29.1. The zero-order chi connectivity index (χ0) is 32.8. The number of hydrogen-bond donors (Lipinski definition) is 2. The smallest absolute Gasteiger partial charge is 0.262 e. The molecule has 5 rings (SSSR count). The number of rotatable bonds is 11. The lowest BCUT2D eigenvalue weighted by molar-refractivity contribution is 0.0344. The van der Waals surface area contributed by atoms with Crippen LogP contribution in [0.2, 0.25) is 0 Å². The number of sulfonamides is 1. The number of methoxy groups -OCH3 is 1. The van der Waals surface area contributed by atoms with Gasteiger partial charge in [0.1, 0.15) is 11.9 Å². The van der Waals surface area contributed by atoms with Crippen molar-refractivity contribution in [2.24, 2.45) is 5.92 Å². The summed E-state index contributed by atoms with van der Waals surface area (Å²) in [6.45, 7) is 5.13. The zero-order valence-corrected chi connectivity index (χ0v) is 27.4. The Kier molecular flexibility index (Phi) is 10.3. The Morgan fingerprint density at radius 2 is 1.65 bits per heavy atom. The quantitative estimate of drug-likeness (QED) is 0.222. The van der Waals surface area contributed by atoms with Gasteiger partial charge in [-0.1, -0.05) is 67.6 Å². The van der Waals surface area contributed by atoms with Crippen LogP contribution >= 0.6 is 0 Å². The summed E-state index contributed by atoms with van der Waals surface area (Å²) in [6.07, 6.45) is -0.402. The molecule has 0 fully saturated rings. The maximum atomic E-state index is 13.8. The number of nitrogens with zero attached hydrogens (tertiary/aromatic N) is 2. The number of anilines is 1. The standard InChI is InChI=1S/C36H41N3O6S/c1-25-21-39(26(2)24-40)36(41)32-11-8-12-33(37-46(42,43)31-19-17-30(44-4)18-20-31)35(32)45-34(25)23-38(3)22-27-13-15-29(16-14-27)28-9-6-5-7-10-28/h5-20,25-26,34,37,40H,21-24H2,1-4H3/t25-,26-,34-/m0/s1. The first-order valence-electron chi connectivity index (χ1n) is 15.3. The molecule has 0 aliphatic carbocycles. The van der Waals surface area contributed by atoms with E-state index in [1.165, 1.54) is 19.2 Å². The van der Waals surface area contributed by atoms with Gasteiger partial charge < -0.3 is 19.5 Å². The Bertz CT molecular complexity index is 1730. The van der Waals surface area contributed by atoms with Gasteiger partial charge >= 0.3 is 0 Å². The predicted octanol–water partition coefficient (Wildman–Crippen LogP) is 5.52. The van der Waals surface area contributed by atoms with Crippen LogP contribution in [0.3, 0.4) is 0 Å². The van der Waals surface area contributed by atoms with E-state index in [4.69, 9.17) is 9.47 Å². The molecule has 10 heteroatoms. The normalized spacial score (nSPS) is 17.4. The van der Waals surface area contributed by atoms with Gasteiger partial charge in [-0.2, -0.15) is 0 Å². The fourth-order valence-corrected chi connectivity index (χ4v) is 6.68. The minimum Gasteiger partial charge on any atom is -0.497 e. The molecule has 0 bridgehead atoms. The fraction of sp³-hybridized carbons (Fsp3) is 0.306. The summed E-state index contributed by atoms with van der Waals surface area (Å²) in [5.74, 6) is 0.222. The summed E-state index contributed by atoms with van der Waals surface area (Å²) in [5.41, 5.74) is 3.84. The number of benzene rings is 4. The Balaban J connectivity index is 1.42. The lowest BCUT2D eigenvalue weighted by atomic mass is 9.98. The fourth-order valence-electron chi connectivity index (χ4n) is 5.62. The Labute approximate surface area is 271 Å². The van der Waals surface area contributed by atoms with Gasteiger partial charge in [0.15, 0.2) is 5.75 Å². The third kappa shape index (κ3) is 7.52. The Morgan fingerprint density at radius 1 is 0.978 bits per heavy atom. The molecule has 46 heavy (non-hydrogen) atoms. The largest absolute Gasteiger partial charge is 0.497 e. The molecular weight excluding hydrogens is 602 g/mol. The van der Waals surface area contributed by atoms with Crippen LogP contribution in [0.4, 0.5) is 5.69 Å². The molecule has 1 amide bonds. The van der Waals surface area contributed by atoms with E-state index >= 15 is 0 Å². The number of ether oxygens (including phenoxy) is 2. The maximum Gasteiger partial charge on any atom is 0.262 e. The predicted molar refractivity (Wildman–Crippen MR) is 180 cm³/mol. The molecule has 1 aliphatic rings. The number of nitrogens with one attached hydrogen (secondary N) is 1. The second kappa shape index (κ2) is 14.4. The van der Waals surface area contributed by atoms with E-state index < -0.39 is 22.2 Å². The highest BCUT2D eigenvalue weighted by Crippen LogP contribution is 2.36. The van der Waals surface area contributed by atoms with E-state index in [1.54, 1.807) is 42.2 Å². The van der Waals surface area contributed by atoms with Crippen LogP contribution in [-0.2, 0) is 16.6 Å². The van der Waals surface area contributed by atoms with Crippen molar-refractivity contribution in [3.63, 3.8) is 0 Å². The van der Waals surface area contributed by atoms with Crippen LogP contribution in [0.15, 0.2) is 102 Å². The number of aliphatic hydroxyl groups is 1. The highest BCUT2D eigenvalue weighted by atomic mass is 32.2. The Hall–Kier alpha value is -4.38. The van der Waals surface area contributed by atoms with E-state index in [0.717, 1.165) is 16.7 Å². The van der Waals surface area contributed by atoms with E-state index in [9.17, 15) is 18.3 Å². The maximum absolute atomic E-state index is 13.8.